The van der Waals surface area contributed by atoms with Crippen LogP contribution in [0.5, 0.6) is 0 Å². The molecule has 0 aromatic heterocycles. The number of carbonyl (C=O) groups excluding carboxylic acids is 1. The minimum atomic E-state index is -5.14. The van der Waals surface area contributed by atoms with E-state index in [2.05, 4.69) is 0 Å². The molecule has 0 unspecified atom stereocenters. The molecule has 22 heavy (non-hydrogen) atoms. The summed E-state index contributed by atoms with van der Waals surface area (Å²) in [7, 11) is 0. The van der Waals surface area contributed by atoms with Gasteiger partial charge in [-0.2, -0.15) is 0 Å². The van der Waals surface area contributed by atoms with Gasteiger partial charge >= 0.3 is 13.1 Å². The zero-order valence-corrected chi connectivity index (χ0v) is 13.4. The summed E-state index contributed by atoms with van der Waals surface area (Å²) in [6, 6.07) is 2.40. The molecule has 0 bridgehead atoms. The molecule has 1 aromatic carbocycles. The third-order valence-corrected chi connectivity index (χ3v) is 3.66. The normalized spacial score (nSPS) is 15.5. The van der Waals surface area contributed by atoms with Crippen LogP contribution in [0.4, 0.5) is 17.7 Å². The van der Waals surface area contributed by atoms with E-state index in [0.717, 1.165) is 6.07 Å². The summed E-state index contributed by atoms with van der Waals surface area (Å²) in [6.07, 6.45) is -0.122. The summed E-state index contributed by atoms with van der Waals surface area (Å²) < 4.78 is 44.0. The highest BCUT2D eigenvalue weighted by atomic mass is 35.5. The first-order chi connectivity index (χ1) is 9.97. The lowest BCUT2D eigenvalue weighted by molar-refractivity contribution is 0.0224. The van der Waals surface area contributed by atoms with Crippen LogP contribution < -0.4 is 5.46 Å². The van der Waals surface area contributed by atoms with Gasteiger partial charge in [-0.3, -0.25) is 0 Å². The van der Waals surface area contributed by atoms with Crippen LogP contribution in [0.3, 0.4) is 0 Å². The van der Waals surface area contributed by atoms with E-state index < -0.39 is 24.1 Å². The number of carbonyl (C=O) groups is 1. The summed E-state index contributed by atoms with van der Waals surface area (Å²) in [4.78, 5) is 13.5. The molecule has 122 valence electrons. The van der Waals surface area contributed by atoms with Crippen molar-refractivity contribution in [1.82, 2.24) is 4.90 Å². The van der Waals surface area contributed by atoms with E-state index in [4.69, 9.17) is 16.3 Å². The molecule has 1 aliphatic heterocycles. The number of halogens is 4. The van der Waals surface area contributed by atoms with Gasteiger partial charge in [0.25, 0.3) is 0 Å². The van der Waals surface area contributed by atoms with Crippen molar-refractivity contribution in [2.75, 3.05) is 6.54 Å². The van der Waals surface area contributed by atoms with E-state index >= 15 is 0 Å². The van der Waals surface area contributed by atoms with Gasteiger partial charge < -0.3 is 22.6 Å². The van der Waals surface area contributed by atoms with E-state index in [-0.39, 0.29) is 11.6 Å². The van der Waals surface area contributed by atoms with Crippen LogP contribution in [0.2, 0.25) is 5.02 Å². The molecule has 0 radical (unpaired) electrons. The van der Waals surface area contributed by atoms with Crippen LogP contribution in [-0.2, 0) is 17.7 Å². The van der Waals surface area contributed by atoms with Gasteiger partial charge in [0, 0.05) is 18.1 Å². The summed E-state index contributed by atoms with van der Waals surface area (Å²) >= 11 is 5.74. The lowest BCUT2D eigenvalue weighted by Crippen LogP contribution is -2.41. The molecular weight excluding hydrogens is 317 g/mol. The molecular formula is C14H17BClF3NO2-. The van der Waals surface area contributed by atoms with Crippen molar-refractivity contribution in [3.63, 3.8) is 0 Å². The number of ether oxygens (including phenoxy) is 1. The van der Waals surface area contributed by atoms with Crippen LogP contribution in [0.15, 0.2) is 12.1 Å². The number of rotatable bonds is 1. The van der Waals surface area contributed by atoms with Gasteiger partial charge in [0.2, 0.25) is 0 Å². The average molecular weight is 335 g/mol. The highest BCUT2D eigenvalue weighted by Crippen LogP contribution is 2.26. The standard InChI is InChI=1S/C14H17BClF3NO2/c1-14(2,3)22-13(21)20-5-4-9-6-11(15(17,18)19)12(16)7-10(9)8-20/h6-7H,4-5,8H2,1-3H3/q-1. The molecule has 0 fully saturated rings. The quantitative estimate of drug-likeness (QED) is 0.733. The minimum Gasteiger partial charge on any atom is -0.445 e. The Hall–Kier alpha value is -1.37. The van der Waals surface area contributed by atoms with Gasteiger partial charge in [-0.25, -0.2) is 4.79 Å². The third kappa shape index (κ3) is 3.88. The van der Waals surface area contributed by atoms with Crippen molar-refractivity contribution in [3.8, 4) is 0 Å². The Kier molecular flexibility index (Phi) is 4.39. The second-order valence-electron chi connectivity index (χ2n) is 6.37. The molecule has 3 nitrogen and oxygen atoms in total. The topological polar surface area (TPSA) is 29.5 Å². The highest BCUT2D eigenvalue weighted by Gasteiger charge is 2.31. The van der Waals surface area contributed by atoms with Crippen LogP contribution in [-0.4, -0.2) is 30.1 Å². The Morgan fingerprint density at radius 3 is 2.45 bits per heavy atom. The van der Waals surface area contributed by atoms with Crippen molar-refractivity contribution in [2.45, 2.75) is 39.3 Å². The molecule has 0 spiro atoms. The van der Waals surface area contributed by atoms with Gasteiger partial charge in [-0.05, 0) is 44.4 Å². The van der Waals surface area contributed by atoms with Crippen LogP contribution in [0.1, 0.15) is 31.9 Å². The van der Waals surface area contributed by atoms with E-state index in [0.29, 0.717) is 24.1 Å². The number of hydrogen-bond donors (Lipinski definition) is 0. The predicted molar refractivity (Wildman–Crippen MR) is 80.5 cm³/mol. The third-order valence-electron chi connectivity index (χ3n) is 3.34. The Labute approximate surface area is 132 Å². The maximum Gasteiger partial charge on any atom is 0.511 e. The fraction of sp³-hybridized carbons (Fsp3) is 0.500. The number of benzene rings is 1. The lowest BCUT2D eigenvalue weighted by Gasteiger charge is -2.32. The summed E-state index contributed by atoms with van der Waals surface area (Å²) in [5, 5.41) is -0.322. The van der Waals surface area contributed by atoms with Gasteiger partial charge in [0.05, 0.1) is 0 Å². The molecule has 2 rings (SSSR count). The van der Waals surface area contributed by atoms with Gasteiger partial charge in [-0.1, -0.05) is 23.1 Å². The molecule has 0 aliphatic carbocycles. The van der Waals surface area contributed by atoms with Crippen LogP contribution >= 0.6 is 11.6 Å². The number of fused-ring (bicyclic) bond motifs is 1. The Balaban J connectivity index is 2.22. The van der Waals surface area contributed by atoms with Crippen molar-refractivity contribution in [3.05, 3.63) is 28.3 Å². The highest BCUT2D eigenvalue weighted by molar-refractivity contribution is 6.76. The molecule has 0 saturated carbocycles. The SMILES string of the molecule is CC(C)(C)OC(=O)N1CCc2cc([B-](F)(F)F)c(Cl)cc2C1. The van der Waals surface area contributed by atoms with Crippen molar-refractivity contribution < 1.29 is 22.5 Å². The molecule has 0 saturated heterocycles. The van der Waals surface area contributed by atoms with Crippen molar-refractivity contribution in [2.24, 2.45) is 0 Å². The molecule has 8 heteroatoms. The number of amides is 1. The number of hydrogen-bond acceptors (Lipinski definition) is 2. The van der Waals surface area contributed by atoms with E-state index in [1.54, 1.807) is 20.8 Å². The monoisotopic (exact) mass is 334 g/mol. The van der Waals surface area contributed by atoms with Crippen molar-refractivity contribution >= 4 is 30.1 Å². The van der Waals surface area contributed by atoms with Crippen LogP contribution in [0, 0.1) is 0 Å². The second kappa shape index (κ2) is 5.68. The largest absolute Gasteiger partial charge is 0.511 e. The maximum absolute atomic E-state index is 12.9. The van der Waals surface area contributed by atoms with E-state index in [9.17, 15) is 17.7 Å². The first-order valence-corrected chi connectivity index (χ1v) is 7.34. The average Bonchev–Trinajstić information content (AvgIpc) is 2.33. The van der Waals surface area contributed by atoms with E-state index in [1.807, 2.05) is 0 Å². The zero-order chi connectivity index (χ0) is 16.7. The van der Waals surface area contributed by atoms with E-state index in [1.165, 1.54) is 11.0 Å². The summed E-state index contributed by atoms with van der Waals surface area (Å²) in [5.74, 6) is 0. The molecule has 0 N–H and O–H groups in total. The first kappa shape index (κ1) is 17.0. The lowest BCUT2D eigenvalue weighted by atomic mass is 9.77. The Bertz CT molecular complexity index is 599. The molecule has 1 aromatic rings. The van der Waals surface area contributed by atoms with Gasteiger partial charge in [0.1, 0.15) is 5.60 Å². The Morgan fingerprint density at radius 1 is 1.27 bits per heavy atom. The smallest absolute Gasteiger partial charge is 0.445 e. The summed E-state index contributed by atoms with van der Waals surface area (Å²) in [5.41, 5.74) is -0.173. The molecule has 1 amide bonds. The second-order valence-corrected chi connectivity index (χ2v) is 6.78. The van der Waals surface area contributed by atoms with Gasteiger partial charge in [-0.15, -0.1) is 0 Å². The fourth-order valence-corrected chi connectivity index (χ4v) is 2.64. The zero-order valence-electron chi connectivity index (χ0n) is 12.6. The Morgan fingerprint density at radius 2 is 1.91 bits per heavy atom. The predicted octanol–water partition coefficient (Wildman–Crippen LogP) is 3.69. The summed E-state index contributed by atoms with van der Waals surface area (Å²) in [6.45, 7) is 0.677. The molecule has 1 heterocycles. The molecule has 0 atom stereocenters. The molecule has 1 aliphatic rings. The maximum atomic E-state index is 12.9. The van der Waals surface area contributed by atoms with Crippen molar-refractivity contribution in [1.29, 1.82) is 0 Å². The first-order valence-electron chi connectivity index (χ1n) is 6.96. The fourth-order valence-electron chi connectivity index (χ4n) is 2.33. The van der Waals surface area contributed by atoms with Gasteiger partial charge in [0.15, 0.2) is 0 Å². The van der Waals surface area contributed by atoms with Crippen LogP contribution in [0.25, 0.3) is 0 Å². The minimum absolute atomic E-state index is 0.203. The number of nitrogens with zero attached hydrogens (tertiary/aromatic N) is 1.